The average molecular weight is 616 g/mol. The highest BCUT2D eigenvalue weighted by Gasteiger charge is 2.22. The second-order valence-corrected chi connectivity index (χ2v) is 8.51. The van der Waals surface area contributed by atoms with Gasteiger partial charge in [0.05, 0.1) is 70.1 Å². The molecule has 0 unspecified atom stereocenters. The van der Waals surface area contributed by atoms with Crippen molar-refractivity contribution in [2.24, 2.45) is 0 Å². The van der Waals surface area contributed by atoms with Crippen LogP contribution in [-0.2, 0) is 0 Å². The van der Waals surface area contributed by atoms with Crippen LogP contribution in [0.4, 0.5) is 0 Å². The van der Waals surface area contributed by atoms with Crippen LogP contribution >= 0.6 is 11.6 Å². The number of nitrogens with zero attached hydrogens (tertiary/aromatic N) is 1. The molecule has 0 saturated carbocycles. The molecule has 0 spiro atoms. The van der Waals surface area contributed by atoms with Crippen LogP contribution in [0, 0.1) is 11.3 Å². The summed E-state index contributed by atoms with van der Waals surface area (Å²) < 4.78 is 47.8. The molecule has 0 bridgehead atoms. The first kappa shape index (κ1) is 34.3. The van der Waals surface area contributed by atoms with Crippen molar-refractivity contribution >= 4 is 22.4 Å². The molecule has 0 radical (unpaired) electrons. The van der Waals surface area contributed by atoms with E-state index in [4.69, 9.17) is 54.2 Å². The predicted molar refractivity (Wildman–Crippen MR) is 161 cm³/mol. The molecule has 0 fully saturated rings. The van der Waals surface area contributed by atoms with Crippen LogP contribution in [-0.4, -0.2) is 69.2 Å². The van der Waals surface area contributed by atoms with Gasteiger partial charge in [0.2, 0.25) is 17.2 Å². The fourth-order valence-corrected chi connectivity index (χ4v) is 4.23. The van der Waals surface area contributed by atoms with E-state index in [2.05, 4.69) is 6.07 Å². The lowest BCUT2D eigenvalue weighted by molar-refractivity contribution is 0.108. The summed E-state index contributed by atoms with van der Waals surface area (Å²) in [5, 5.41) is 8.82. The Kier molecular flexibility index (Phi) is 13.1. The zero-order valence-corrected chi connectivity index (χ0v) is 26.2. The number of carbonyl (C=O) groups excluding carboxylic acids is 1. The highest BCUT2D eigenvalue weighted by atomic mass is 35.5. The maximum atomic E-state index is 11.0. The highest BCUT2D eigenvalue weighted by Crippen LogP contribution is 2.46. The molecule has 3 aromatic rings. The fraction of sp³-hybridized carbons (Fsp3) is 0.290. The van der Waals surface area contributed by atoms with Crippen molar-refractivity contribution in [1.29, 1.82) is 5.26 Å². The van der Waals surface area contributed by atoms with E-state index in [9.17, 15) is 10.1 Å². The summed E-state index contributed by atoms with van der Waals surface area (Å²) in [4.78, 5) is 11.0. The number of rotatable bonds is 12. The van der Waals surface area contributed by atoms with Crippen molar-refractivity contribution in [2.75, 3.05) is 64.0 Å². The summed E-state index contributed by atoms with van der Waals surface area (Å²) in [5.74, 6) is 4.04. The lowest BCUT2D eigenvalue weighted by Crippen LogP contribution is -2.01. The molecule has 43 heavy (non-hydrogen) atoms. The molecule has 0 aliphatic rings. The normalized spacial score (nSPS) is 10.3. The minimum Gasteiger partial charge on any atom is -0.493 e. The van der Waals surface area contributed by atoms with Gasteiger partial charge in [-0.15, -0.1) is 0 Å². The molecule has 12 heteroatoms. The van der Waals surface area contributed by atoms with Crippen molar-refractivity contribution in [3.8, 4) is 57.8 Å². The molecule has 0 saturated heterocycles. The summed E-state index contributed by atoms with van der Waals surface area (Å²) in [7, 11) is 13.6. The van der Waals surface area contributed by atoms with E-state index in [0.717, 1.165) is 0 Å². The van der Waals surface area contributed by atoms with Gasteiger partial charge in [-0.1, -0.05) is 0 Å². The summed E-state index contributed by atoms with van der Waals surface area (Å²) in [6, 6.07) is 12.2. The van der Waals surface area contributed by atoms with Gasteiger partial charge in [0.1, 0.15) is 0 Å². The number of allylic oxidation sites excluding steroid dienone is 1. The van der Waals surface area contributed by atoms with E-state index >= 15 is 0 Å². The smallest absolute Gasteiger partial charge is 0.252 e. The maximum Gasteiger partial charge on any atom is 0.252 e. The SMILES string of the molecule is COc1cc(C(=CC#N)c2ccc(OC)c(OC)c2OC)cc(OC)c1OC.COc1cc(C(=O)Cl)cc(OC)c1OC. The van der Waals surface area contributed by atoms with Gasteiger partial charge in [-0.3, -0.25) is 4.79 Å². The Morgan fingerprint density at radius 2 is 0.977 bits per heavy atom. The van der Waals surface area contributed by atoms with Crippen LogP contribution in [0.2, 0.25) is 0 Å². The minimum atomic E-state index is -0.575. The van der Waals surface area contributed by atoms with E-state index in [-0.39, 0.29) is 0 Å². The van der Waals surface area contributed by atoms with E-state index in [1.807, 2.05) is 0 Å². The van der Waals surface area contributed by atoms with Crippen molar-refractivity contribution in [3.63, 3.8) is 0 Å². The first-order valence-electron chi connectivity index (χ1n) is 12.4. The van der Waals surface area contributed by atoms with E-state index in [1.165, 1.54) is 75.1 Å². The molecule has 3 aromatic carbocycles. The molecule has 0 atom stereocenters. The molecule has 0 amide bonds. The predicted octanol–water partition coefficient (Wildman–Crippen LogP) is 5.78. The van der Waals surface area contributed by atoms with Gasteiger partial charge in [0, 0.05) is 22.8 Å². The van der Waals surface area contributed by atoms with E-state index in [1.54, 1.807) is 31.4 Å². The Labute approximate surface area is 255 Å². The van der Waals surface area contributed by atoms with Gasteiger partial charge < -0.3 is 42.6 Å². The molecule has 0 aliphatic heterocycles. The molecule has 0 heterocycles. The zero-order valence-electron chi connectivity index (χ0n) is 25.4. The number of benzene rings is 3. The molecule has 11 nitrogen and oxygen atoms in total. The fourth-order valence-electron chi connectivity index (χ4n) is 4.13. The third-order valence-electron chi connectivity index (χ3n) is 6.07. The van der Waals surface area contributed by atoms with Gasteiger partial charge >= 0.3 is 0 Å². The summed E-state index contributed by atoms with van der Waals surface area (Å²) in [6.45, 7) is 0. The van der Waals surface area contributed by atoms with Gasteiger partial charge in [-0.2, -0.15) is 5.26 Å². The minimum absolute atomic E-state index is 0.297. The summed E-state index contributed by atoms with van der Waals surface area (Å²) in [5.41, 5.74) is 2.23. The second-order valence-electron chi connectivity index (χ2n) is 8.17. The number of ether oxygens (including phenoxy) is 9. The Morgan fingerprint density at radius 3 is 1.30 bits per heavy atom. The molecular weight excluding hydrogens is 582 g/mol. The van der Waals surface area contributed by atoms with Crippen LogP contribution in [0.1, 0.15) is 21.5 Å². The number of nitriles is 1. The second kappa shape index (κ2) is 16.5. The van der Waals surface area contributed by atoms with E-state index < -0.39 is 5.24 Å². The molecule has 230 valence electrons. The Balaban J connectivity index is 0.000000362. The molecular formula is C31H34ClNO10. The zero-order chi connectivity index (χ0) is 32.1. The number of hydrogen-bond acceptors (Lipinski definition) is 11. The number of carbonyl (C=O) groups is 1. The van der Waals surface area contributed by atoms with Gasteiger partial charge in [-0.25, -0.2) is 0 Å². The van der Waals surface area contributed by atoms with Crippen molar-refractivity contribution < 1.29 is 47.4 Å². The molecule has 0 aliphatic carbocycles. The molecule has 3 rings (SSSR count). The number of hydrogen-bond donors (Lipinski definition) is 0. The van der Waals surface area contributed by atoms with Crippen LogP contribution in [0.15, 0.2) is 42.5 Å². The van der Waals surface area contributed by atoms with Crippen LogP contribution in [0.25, 0.3) is 5.57 Å². The van der Waals surface area contributed by atoms with Gasteiger partial charge in [0.25, 0.3) is 5.24 Å². The highest BCUT2D eigenvalue weighted by molar-refractivity contribution is 6.67. The quantitative estimate of drug-likeness (QED) is 0.182. The van der Waals surface area contributed by atoms with Crippen molar-refractivity contribution in [3.05, 3.63) is 59.2 Å². The van der Waals surface area contributed by atoms with Crippen LogP contribution < -0.4 is 42.6 Å². The van der Waals surface area contributed by atoms with Crippen LogP contribution in [0.3, 0.4) is 0 Å². The Hall–Kier alpha value is -4.95. The topological polar surface area (TPSA) is 124 Å². The lowest BCUT2D eigenvalue weighted by atomic mass is 9.95. The van der Waals surface area contributed by atoms with Gasteiger partial charge in [0.15, 0.2) is 34.5 Å². The summed E-state index contributed by atoms with van der Waals surface area (Å²) in [6.07, 6.45) is 1.42. The largest absolute Gasteiger partial charge is 0.493 e. The first-order valence-corrected chi connectivity index (χ1v) is 12.8. The number of halogens is 1. The summed E-state index contributed by atoms with van der Waals surface area (Å²) >= 11 is 5.37. The van der Waals surface area contributed by atoms with E-state index in [0.29, 0.717) is 74.0 Å². The van der Waals surface area contributed by atoms with Crippen LogP contribution in [0.5, 0.6) is 51.7 Å². The lowest BCUT2D eigenvalue weighted by Gasteiger charge is -2.19. The average Bonchev–Trinajstić information content (AvgIpc) is 3.04. The molecule has 0 N–H and O–H groups in total. The van der Waals surface area contributed by atoms with Crippen molar-refractivity contribution in [1.82, 2.24) is 0 Å². The Bertz CT molecular complexity index is 1450. The van der Waals surface area contributed by atoms with Crippen molar-refractivity contribution in [2.45, 2.75) is 0 Å². The third-order valence-corrected chi connectivity index (χ3v) is 6.29. The maximum absolute atomic E-state index is 11.0. The third kappa shape index (κ3) is 7.67. The standard InChI is InChI=1S/C21H23NO6.C10H11ClO4/c1-23-16-8-7-15(19(26-4)21(16)28-6)14(9-10-22)13-11-17(24-2)20(27-5)18(12-13)25-3;1-13-7-4-6(10(11)12)5-8(14-2)9(7)15-3/h7-9,11-12H,1-6H3;4-5H,1-3H3. The molecule has 0 aromatic heterocycles. The Morgan fingerprint density at radius 1 is 0.581 bits per heavy atom. The first-order chi connectivity index (χ1) is 20.7. The monoisotopic (exact) mass is 615 g/mol. The number of methoxy groups -OCH3 is 9. The van der Waals surface area contributed by atoms with Gasteiger partial charge in [-0.05, 0) is 53.6 Å².